The Morgan fingerprint density at radius 2 is 1.77 bits per heavy atom. The molecule has 1 saturated heterocycles. The van der Waals surface area contributed by atoms with Gasteiger partial charge in [0.25, 0.3) is 5.91 Å². The zero-order chi connectivity index (χ0) is 19.1. The van der Waals surface area contributed by atoms with Gasteiger partial charge >= 0.3 is 5.97 Å². The van der Waals surface area contributed by atoms with Gasteiger partial charge < -0.3 is 15.3 Å². The van der Waals surface area contributed by atoms with Crippen LogP contribution in [0.4, 0.5) is 5.69 Å². The fourth-order valence-electron chi connectivity index (χ4n) is 4.07. The van der Waals surface area contributed by atoms with Gasteiger partial charge in [0.1, 0.15) is 0 Å². The largest absolute Gasteiger partial charge is 0.481 e. The van der Waals surface area contributed by atoms with Crippen LogP contribution in [-0.4, -0.2) is 40.4 Å². The molecule has 0 radical (unpaired) electrons. The minimum atomic E-state index is -0.938. The van der Waals surface area contributed by atoms with Crippen LogP contribution in [0.5, 0.6) is 0 Å². The summed E-state index contributed by atoms with van der Waals surface area (Å²) in [5, 5.41) is 12.0. The van der Waals surface area contributed by atoms with E-state index < -0.39 is 23.2 Å². The lowest BCUT2D eigenvalue weighted by Gasteiger charge is -2.33. The molecule has 2 N–H and O–H groups in total. The maximum absolute atomic E-state index is 12.6. The Labute approximate surface area is 153 Å². The van der Waals surface area contributed by atoms with Crippen molar-refractivity contribution in [2.45, 2.75) is 46.1 Å². The van der Waals surface area contributed by atoms with Crippen LogP contribution in [0, 0.1) is 17.3 Å². The van der Waals surface area contributed by atoms with Crippen molar-refractivity contribution < 1.29 is 19.5 Å². The first kappa shape index (κ1) is 18.4. The molecule has 140 valence electrons. The third kappa shape index (κ3) is 3.32. The first-order valence-corrected chi connectivity index (χ1v) is 9.18. The number of anilines is 1. The molecule has 1 aromatic rings. The normalized spacial score (nSPS) is 26.9. The molecule has 0 bridgehead atoms. The van der Waals surface area contributed by atoms with Crippen molar-refractivity contribution in [1.29, 1.82) is 0 Å². The number of carbonyl (C=O) groups is 3. The third-order valence-corrected chi connectivity index (χ3v) is 5.84. The molecule has 6 heteroatoms. The first-order valence-electron chi connectivity index (χ1n) is 9.18. The van der Waals surface area contributed by atoms with Gasteiger partial charge in [-0.3, -0.25) is 14.4 Å². The summed E-state index contributed by atoms with van der Waals surface area (Å²) in [6.07, 6.45) is 3.22. The van der Waals surface area contributed by atoms with Crippen LogP contribution >= 0.6 is 0 Å². The smallest absolute Gasteiger partial charge is 0.307 e. The molecule has 0 aromatic heterocycles. The summed E-state index contributed by atoms with van der Waals surface area (Å²) < 4.78 is 0. The van der Waals surface area contributed by atoms with E-state index in [1.165, 1.54) is 0 Å². The standard InChI is InChI=1S/C20H26N2O4/c1-12-6-4-5-11-22(12)18(24)13-7-9-14(10-8-13)21-17(23)15-16(19(25)26)20(15,2)3/h7-10,12,15-16H,4-6,11H2,1-3H3,(H,21,23)(H,25,26)/t12?,15-,16+/m0/s1. The Kier molecular flexibility index (Phi) is 4.78. The number of hydrogen-bond donors (Lipinski definition) is 2. The molecule has 1 saturated carbocycles. The number of benzene rings is 1. The van der Waals surface area contributed by atoms with Crippen LogP contribution in [0.15, 0.2) is 24.3 Å². The highest BCUT2D eigenvalue weighted by Crippen LogP contribution is 2.58. The van der Waals surface area contributed by atoms with Gasteiger partial charge in [0, 0.05) is 23.8 Å². The zero-order valence-corrected chi connectivity index (χ0v) is 15.5. The molecular formula is C20H26N2O4. The molecule has 26 heavy (non-hydrogen) atoms. The number of nitrogens with one attached hydrogen (secondary N) is 1. The van der Waals surface area contributed by atoms with Crippen molar-refractivity contribution in [3.63, 3.8) is 0 Å². The van der Waals surface area contributed by atoms with Gasteiger partial charge in [-0.15, -0.1) is 0 Å². The summed E-state index contributed by atoms with van der Waals surface area (Å²) in [4.78, 5) is 38.1. The van der Waals surface area contributed by atoms with Gasteiger partial charge in [-0.25, -0.2) is 0 Å². The molecule has 1 heterocycles. The maximum atomic E-state index is 12.6. The van der Waals surface area contributed by atoms with E-state index in [0.717, 1.165) is 25.8 Å². The van der Waals surface area contributed by atoms with E-state index in [4.69, 9.17) is 0 Å². The lowest BCUT2D eigenvalue weighted by atomic mass is 10.0. The third-order valence-electron chi connectivity index (χ3n) is 5.84. The van der Waals surface area contributed by atoms with Crippen molar-refractivity contribution in [3.05, 3.63) is 29.8 Å². The number of rotatable bonds is 4. The second-order valence-electron chi connectivity index (χ2n) is 8.02. The quantitative estimate of drug-likeness (QED) is 0.866. The summed E-state index contributed by atoms with van der Waals surface area (Å²) in [5.74, 6) is -2.39. The highest BCUT2D eigenvalue weighted by Gasteiger charge is 2.65. The Morgan fingerprint density at radius 1 is 1.12 bits per heavy atom. The van der Waals surface area contributed by atoms with E-state index in [1.54, 1.807) is 38.1 Å². The highest BCUT2D eigenvalue weighted by atomic mass is 16.4. The summed E-state index contributed by atoms with van der Waals surface area (Å²) in [5.41, 5.74) is 0.646. The number of aliphatic carboxylic acids is 1. The number of carboxylic acids is 1. The number of amides is 2. The highest BCUT2D eigenvalue weighted by molar-refractivity contribution is 6.00. The van der Waals surface area contributed by atoms with E-state index in [0.29, 0.717) is 11.3 Å². The van der Waals surface area contributed by atoms with Gasteiger partial charge in [0.05, 0.1) is 11.8 Å². The molecule has 3 rings (SSSR count). The van der Waals surface area contributed by atoms with Crippen LogP contribution < -0.4 is 5.32 Å². The van der Waals surface area contributed by atoms with Gasteiger partial charge in [-0.2, -0.15) is 0 Å². The summed E-state index contributed by atoms with van der Waals surface area (Å²) in [6, 6.07) is 7.08. The summed E-state index contributed by atoms with van der Waals surface area (Å²) >= 11 is 0. The van der Waals surface area contributed by atoms with E-state index in [1.807, 2.05) is 4.90 Å². The van der Waals surface area contributed by atoms with Crippen LogP contribution in [0.3, 0.4) is 0 Å². The number of piperidine rings is 1. The molecular weight excluding hydrogens is 332 g/mol. The van der Waals surface area contributed by atoms with Gasteiger partial charge in [-0.1, -0.05) is 13.8 Å². The van der Waals surface area contributed by atoms with Crippen molar-refractivity contribution in [1.82, 2.24) is 4.90 Å². The van der Waals surface area contributed by atoms with Crippen molar-refractivity contribution in [2.24, 2.45) is 17.3 Å². The molecule has 0 spiro atoms. The van der Waals surface area contributed by atoms with Crippen LogP contribution in [0.2, 0.25) is 0 Å². The predicted molar refractivity (Wildman–Crippen MR) is 97.8 cm³/mol. The fraction of sp³-hybridized carbons (Fsp3) is 0.550. The minimum Gasteiger partial charge on any atom is -0.481 e. The molecule has 1 unspecified atom stereocenters. The van der Waals surface area contributed by atoms with Crippen LogP contribution in [0.25, 0.3) is 0 Å². The zero-order valence-electron chi connectivity index (χ0n) is 15.5. The average molecular weight is 358 g/mol. The first-order chi connectivity index (χ1) is 12.2. The molecule has 6 nitrogen and oxygen atoms in total. The topological polar surface area (TPSA) is 86.7 Å². The average Bonchev–Trinajstić information content (AvgIpc) is 3.18. The number of likely N-dealkylation sites (tertiary alicyclic amines) is 1. The monoisotopic (exact) mass is 358 g/mol. The van der Waals surface area contributed by atoms with Crippen LogP contribution in [-0.2, 0) is 9.59 Å². The number of carbonyl (C=O) groups excluding carboxylic acids is 2. The fourth-order valence-corrected chi connectivity index (χ4v) is 4.07. The van der Waals surface area contributed by atoms with E-state index in [2.05, 4.69) is 12.2 Å². The maximum Gasteiger partial charge on any atom is 0.307 e. The SMILES string of the molecule is CC1CCCCN1C(=O)c1ccc(NC(=O)[C@@H]2[C@H](C(=O)O)C2(C)C)cc1. The van der Waals surface area contributed by atoms with Crippen molar-refractivity contribution in [3.8, 4) is 0 Å². The lowest BCUT2D eigenvalue weighted by Crippen LogP contribution is -2.42. The lowest BCUT2D eigenvalue weighted by molar-refractivity contribution is -0.140. The van der Waals surface area contributed by atoms with E-state index in [9.17, 15) is 19.5 Å². The number of carboxylic acid groups (broad SMARTS) is 1. The number of nitrogens with zero attached hydrogens (tertiary/aromatic N) is 1. The summed E-state index contributed by atoms with van der Waals surface area (Å²) in [6.45, 7) is 6.43. The predicted octanol–water partition coefficient (Wildman–Crippen LogP) is 3.00. The second kappa shape index (κ2) is 6.74. The second-order valence-corrected chi connectivity index (χ2v) is 8.02. The summed E-state index contributed by atoms with van der Waals surface area (Å²) in [7, 11) is 0. The van der Waals surface area contributed by atoms with E-state index in [-0.39, 0.29) is 17.9 Å². The molecule has 1 aromatic carbocycles. The minimum absolute atomic E-state index is 0.0179. The Hall–Kier alpha value is -2.37. The van der Waals surface area contributed by atoms with E-state index >= 15 is 0 Å². The Morgan fingerprint density at radius 3 is 2.31 bits per heavy atom. The van der Waals surface area contributed by atoms with Crippen molar-refractivity contribution >= 4 is 23.5 Å². The van der Waals surface area contributed by atoms with Gasteiger partial charge in [-0.05, 0) is 55.9 Å². The van der Waals surface area contributed by atoms with Gasteiger partial charge in [0.15, 0.2) is 0 Å². The van der Waals surface area contributed by atoms with Crippen molar-refractivity contribution in [2.75, 3.05) is 11.9 Å². The number of hydrogen-bond acceptors (Lipinski definition) is 3. The molecule has 2 fully saturated rings. The molecule has 2 aliphatic rings. The molecule has 1 aliphatic heterocycles. The van der Waals surface area contributed by atoms with Gasteiger partial charge in [0.2, 0.25) is 5.91 Å². The van der Waals surface area contributed by atoms with Crippen LogP contribution in [0.1, 0.15) is 50.4 Å². The Balaban J connectivity index is 1.64. The Bertz CT molecular complexity index is 726. The molecule has 3 atom stereocenters. The molecule has 2 amide bonds. The molecule has 1 aliphatic carbocycles.